The van der Waals surface area contributed by atoms with E-state index in [4.69, 9.17) is 23.2 Å². The number of hydrogen-bond donors (Lipinski definition) is 0. The van der Waals surface area contributed by atoms with Crippen molar-refractivity contribution in [3.8, 4) is 0 Å². The molecule has 1 aromatic carbocycles. The summed E-state index contributed by atoms with van der Waals surface area (Å²) in [6, 6.07) is 5.46. The molecule has 0 N–H and O–H groups in total. The number of rotatable bonds is 4. The molecule has 2 aromatic rings. The van der Waals surface area contributed by atoms with Crippen LogP contribution in [-0.4, -0.2) is 28.5 Å². The third-order valence-corrected chi connectivity index (χ3v) is 3.14. The zero-order chi connectivity index (χ0) is 13.1. The number of hydrogen-bond acceptors (Lipinski definition) is 3. The Balaban J connectivity index is 2.55. The van der Waals surface area contributed by atoms with E-state index in [0.717, 1.165) is 11.3 Å². The molecule has 0 spiro atoms. The molecule has 18 heavy (non-hydrogen) atoms. The molecule has 2 rings (SSSR count). The number of para-hydroxylation sites is 1. The van der Waals surface area contributed by atoms with E-state index in [1.54, 1.807) is 10.6 Å². The van der Waals surface area contributed by atoms with E-state index < -0.39 is 0 Å². The largest absolute Gasteiger partial charge is 0.468 e. The van der Waals surface area contributed by atoms with Gasteiger partial charge in [0, 0.05) is 12.3 Å². The number of aromatic nitrogens is 2. The van der Waals surface area contributed by atoms with Crippen LogP contribution < -0.4 is 0 Å². The highest BCUT2D eigenvalue weighted by Crippen LogP contribution is 2.24. The van der Waals surface area contributed by atoms with Gasteiger partial charge in [0.15, 0.2) is 0 Å². The lowest BCUT2D eigenvalue weighted by atomic mass is 10.3. The second-order valence-corrected chi connectivity index (χ2v) is 4.52. The Hall–Kier alpha value is -1.26. The summed E-state index contributed by atoms with van der Waals surface area (Å²) in [5, 5.41) is 0.562. The molecule has 6 heteroatoms. The Morgan fingerprint density at radius 3 is 2.94 bits per heavy atom. The fourth-order valence-corrected chi connectivity index (χ4v) is 2.19. The van der Waals surface area contributed by atoms with Crippen LogP contribution in [0.3, 0.4) is 0 Å². The van der Waals surface area contributed by atoms with Crippen molar-refractivity contribution in [2.75, 3.05) is 13.0 Å². The summed E-state index contributed by atoms with van der Waals surface area (Å²) in [5.41, 5.74) is 1.50. The Morgan fingerprint density at radius 1 is 1.50 bits per heavy atom. The van der Waals surface area contributed by atoms with Gasteiger partial charge in [-0.05, 0) is 12.1 Å². The van der Waals surface area contributed by atoms with Crippen LogP contribution in [0.25, 0.3) is 11.0 Å². The number of methoxy groups -OCH3 is 1. The number of ether oxygens (including phenoxy) is 1. The van der Waals surface area contributed by atoms with E-state index >= 15 is 0 Å². The average Bonchev–Trinajstić information content (AvgIpc) is 2.70. The zero-order valence-corrected chi connectivity index (χ0v) is 11.3. The van der Waals surface area contributed by atoms with E-state index in [1.807, 2.05) is 12.1 Å². The van der Waals surface area contributed by atoms with Crippen LogP contribution in [0, 0.1) is 0 Å². The summed E-state index contributed by atoms with van der Waals surface area (Å²) in [5.74, 6) is 0.839. The third-order valence-electron chi connectivity index (χ3n) is 2.64. The van der Waals surface area contributed by atoms with Gasteiger partial charge < -0.3 is 9.30 Å². The van der Waals surface area contributed by atoms with Gasteiger partial charge in [-0.15, -0.1) is 11.6 Å². The molecule has 0 fully saturated rings. The van der Waals surface area contributed by atoms with Crippen LogP contribution in [0.5, 0.6) is 0 Å². The molecule has 0 bridgehead atoms. The van der Waals surface area contributed by atoms with Crippen LogP contribution in [0.15, 0.2) is 18.2 Å². The molecule has 0 radical (unpaired) electrons. The van der Waals surface area contributed by atoms with Crippen molar-refractivity contribution in [2.45, 2.75) is 13.0 Å². The number of nitrogens with zero attached hydrogens (tertiary/aromatic N) is 2. The molecule has 0 aliphatic heterocycles. The van der Waals surface area contributed by atoms with Crippen molar-refractivity contribution in [3.63, 3.8) is 0 Å². The fraction of sp³-hybridized carbons (Fsp3) is 0.333. The summed E-state index contributed by atoms with van der Waals surface area (Å²) < 4.78 is 6.47. The van der Waals surface area contributed by atoms with Crippen LogP contribution >= 0.6 is 23.2 Å². The van der Waals surface area contributed by atoms with E-state index in [2.05, 4.69) is 9.72 Å². The van der Waals surface area contributed by atoms with Gasteiger partial charge in [0.05, 0.1) is 17.6 Å². The van der Waals surface area contributed by atoms with Crippen LogP contribution in [0.1, 0.15) is 5.82 Å². The number of carbonyl (C=O) groups excluding carboxylic acids is 1. The summed E-state index contributed by atoms with van der Waals surface area (Å²) in [6.45, 7) is 0.111. The summed E-state index contributed by atoms with van der Waals surface area (Å²) in [6.07, 6.45) is 0.573. The Kier molecular flexibility index (Phi) is 4.09. The molecule has 96 valence electrons. The van der Waals surface area contributed by atoms with Crippen LogP contribution in [-0.2, 0) is 22.5 Å². The summed E-state index contributed by atoms with van der Waals surface area (Å²) in [4.78, 5) is 15.9. The van der Waals surface area contributed by atoms with Crippen molar-refractivity contribution < 1.29 is 9.53 Å². The van der Waals surface area contributed by atoms with Crippen LogP contribution in [0.2, 0.25) is 5.02 Å². The minimum absolute atomic E-state index is 0.111. The third kappa shape index (κ3) is 2.44. The first-order valence-electron chi connectivity index (χ1n) is 5.43. The second-order valence-electron chi connectivity index (χ2n) is 3.74. The zero-order valence-electron chi connectivity index (χ0n) is 9.82. The second kappa shape index (κ2) is 5.59. The van der Waals surface area contributed by atoms with Gasteiger partial charge >= 0.3 is 5.97 Å². The molecule has 0 saturated carbocycles. The van der Waals surface area contributed by atoms with Gasteiger partial charge in [0.1, 0.15) is 17.9 Å². The lowest BCUT2D eigenvalue weighted by molar-refractivity contribution is -0.141. The number of fused-ring (bicyclic) bond motifs is 1. The highest BCUT2D eigenvalue weighted by atomic mass is 35.5. The molecule has 1 heterocycles. The molecule has 0 unspecified atom stereocenters. The van der Waals surface area contributed by atoms with Gasteiger partial charge in [0.25, 0.3) is 0 Å². The first kappa shape index (κ1) is 13.2. The molecule has 0 saturated heterocycles. The highest BCUT2D eigenvalue weighted by molar-refractivity contribution is 6.34. The van der Waals surface area contributed by atoms with E-state index in [0.29, 0.717) is 22.8 Å². The van der Waals surface area contributed by atoms with Crippen molar-refractivity contribution in [2.24, 2.45) is 0 Å². The highest BCUT2D eigenvalue weighted by Gasteiger charge is 2.15. The number of benzene rings is 1. The molecule has 1 aromatic heterocycles. The van der Waals surface area contributed by atoms with E-state index in [-0.39, 0.29) is 12.5 Å². The topological polar surface area (TPSA) is 44.1 Å². The van der Waals surface area contributed by atoms with Crippen molar-refractivity contribution in [1.29, 1.82) is 0 Å². The smallest absolute Gasteiger partial charge is 0.325 e. The van der Waals surface area contributed by atoms with Gasteiger partial charge in [-0.3, -0.25) is 4.79 Å². The maximum Gasteiger partial charge on any atom is 0.325 e. The van der Waals surface area contributed by atoms with Gasteiger partial charge in [-0.1, -0.05) is 17.7 Å². The SMILES string of the molecule is COC(=O)Cn1c(CCCl)nc2c(Cl)cccc21. The number of aryl methyl sites for hydroxylation is 1. The molecule has 0 amide bonds. The predicted octanol–water partition coefficient (Wildman–Crippen LogP) is 2.64. The van der Waals surface area contributed by atoms with Gasteiger partial charge in [0.2, 0.25) is 0 Å². The normalized spacial score (nSPS) is 10.8. The number of esters is 1. The maximum absolute atomic E-state index is 11.4. The molecule has 0 aliphatic carbocycles. The first-order valence-corrected chi connectivity index (χ1v) is 6.35. The van der Waals surface area contributed by atoms with Gasteiger partial charge in [-0.2, -0.15) is 0 Å². The first-order chi connectivity index (χ1) is 8.67. The minimum atomic E-state index is -0.329. The number of halogens is 2. The standard InChI is InChI=1S/C12H12Cl2N2O2/c1-18-11(17)7-16-9-4-2-3-8(14)12(9)15-10(16)5-6-13/h2-4H,5-7H2,1H3. The Bertz CT molecular complexity index is 581. The molecular formula is C12H12Cl2N2O2. The molecular weight excluding hydrogens is 275 g/mol. The lowest BCUT2D eigenvalue weighted by Crippen LogP contribution is -2.14. The summed E-state index contributed by atoms with van der Waals surface area (Å²) >= 11 is 11.8. The number of carbonyl (C=O) groups is 1. The van der Waals surface area contributed by atoms with E-state index in [1.165, 1.54) is 7.11 Å². The summed E-state index contributed by atoms with van der Waals surface area (Å²) in [7, 11) is 1.36. The minimum Gasteiger partial charge on any atom is -0.468 e. The molecule has 0 aliphatic rings. The molecule has 0 atom stereocenters. The Labute approximate surface area is 114 Å². The average molecular weight is 287 g/mol. The quantitative estimate of drug-likeness (QED) is 0.641. The maximum atomic E-state index is 11.4. The fourth-order valence-electron chi connectivity index (χ4n) is 1.81. The van der Waals surface area contributed by atoms with Crippen molar-refractivity contribution >= 4 is 40.2 Å². The monoisotopic (exact) mass is 286 g/mol. The van der Waals surface area contributed by atoms with Crippen molar-refractivity contribution in [3.05, 3.63) is 29.0 Å². The number of imidazole rings is 1. The van der Waals surface area contributed by atoms with Crippen molar-refractivity contribution in [1.82, 2.24) is 9.55 Å². The van der Waals surface area contributed by atoms with E-state index in [9.17, 15) is 4.79 Å². The number of alkyl halides is 1. The lowest BCUT2D eigenvalue weighted by Gasteiger charge is -2.06. The molecule has 4 nitrogen and oxygen atoms in total. The van der Waals surface area contributed by atoms with Gasteiger partial charge in [-0.25, -0.2) is 4.98 Å². The Morgan fingerprint density at radius 2 is 2.28 bits per heavy atom. The predicted molar refractivity (Wildman–Crippen MR) is 71.2 cm³/mol. The van der Waals surface area contributed by atoms with Crippen LogP contribution in [0.4, 0.5) is 0 Å².